The number of rotatable bonds is 2. The summed E-state index contributed by atoms with van der Waals surface area (Å²) < 4.78 is 49.3. The first-order valence-corrected chi connectivity index (χ1v) is 5.62. The summed E-state index contributed by atoms with van der Waals surface area (Å²) in [6, 6.07) is 1.68. The fourth-order valence-corrected chi connectivity index (χ4v) is 1.65. The highest BCUT2D eigenvalue weighted by Gasteiger charge is 2.11. The van der Waals surface area contributed by atoms with Gasteiger partial charge in [0, 0.05) is 6.07 Å². The summed E-state index contributed by atoms with van der Waals surface area (Å²) in [5.41, 5.74) is -0.0122. The van der Waals surface area contributed by atoms with Crippen LogP contribution in [0.2, 0.25) is 0 Å². The lowest BCUT2D eigenvalue weighted by Crippen LogP contribution is -2.12. The van der Waals surface area contributed by atoms with Gasteiger partial charge in [0.15, 0.2) is 0 Å². The third-order valence-corrected chi connectivity index (χ3v) is 2.11. The van der Waals surface area contributed by atoms with Crippen LogP contribution in [0.25, 0.3) is 0 Å². The van der Waals surface area contributed by atoms with Crippen molar-refractivity contribution in [2.75, 3.05) is 11.0 Å². The number of nitrogens with one attached hydrogen (secondary N) is 1. The van der Waals surface area contributed by atoms with Crippen LogP contribution in [-0.2, 0) is 10.0 Å². The van der Waals surface area contributed by atoms with E-state index < -0.39 is 21.7 Å². The van der Waals surface area contributed by atoms with Crippen LogP contribution in [0, 0.1) is 18.6 Å². The van der Waals surface area contributed by atoms with Crippen molar-refractivity contribution in [2.45, 2.75) is 6.92 Å². The second-order valence-corrected chi connectivity index (χ2v) is 4.70. The van der Waals surface area contributed by atoms with Gasteiger partial charge in [-0.15, -0.1) is 0 Å². The molecule has 0 amide bonds. The monoisotopic (exact) mass is 221 g/mol. The Morgan fingerprint density at radius 1 is 1.29 bits per heavy atom. The lowest BCUT2D eigenvalue weighted by atomic mass is 10.2. The maximum Gasteiger partial charge on any atom is 0.229 e. The van der Waals surface area contributed by atoms with E-state index in [2.05, 4.69) is 0 Å². The van der Waals surface area contributed by atoms with Gasteiger partial charge in [0.25, 0.3) is 0 Å². The number of hydrogen-bond donors (Lipinski definition) is 1. The zero-order valence-electron chi connectivity index (χ0n) is 7.64. The van der Waals surface area contributed by atoms with Crippen LogP contribution in [0.1, 0.15) is 5.56 Å². The number of aryl methyl sites for hydroxylation is 1. The summed E-state index contributed by atoms with van der Waals surface area (Å²) in [6.07, 6.45) is 0.898. The van der Waals surface area contributed by atoms with Gasteiger partial charge in [-0.05, 0) is 18.6 Å². The molecule has 1 rings (SSSR count). The average molecular weight is 221 g/mol. The molecule has 0 aliphatic heterocycles. The van der Waals surface area contributed by atoms with E-state index in [1.165, 1.54) is 6.92 Å². The molecule has 78 valence electrons. The quantitative estimate of drug-likeness (QED) is 0.825. The van der Waals surface area contributed by atoms with Gasteiger partial charge in [-0.2, -0.15) is 0 Å². The fourth-order valence-electron chi connectivity index (χ4n) is 1.02. The second kappa shape index (κ2) is 3.53. The zero-order valence-corrected chi connectivity index (χ0v) is 8.45. The van der Waals surface area contributed by atoms with Gasteiger partial charge >= 0.3 is 0 Å². The molecule has 0 aliphatic rings. The largest absolute Gasteiger partial charge is 0.281 e. The Balaban J connectivity index is 3.22. The number of benzene rings is 1. The van der Waals surface area contributed by atoms with E-state index in [4.69, 9.17) is 0 Å². The maximum atomic E-state index is 13.1. The van der Waals surface area contributed by atoms with E-state index >= 15 is 0 Å². The zero-order chi connectivity index (χ0) is 10.9. The first-order chi connectivity index (χ1) is 6.29. The van der Waals surface area contributed by atoms with Crippen LogP contribution in [0.15, 0.2) is 12.1 Å². The second-order valence-electron chi connectivity index (χ2n) is 2.95. The van der Waals surface area contributed by atoms with Gasteiger partial charge < -0.3 is 0 Å². The Morgan fingerprint density at radius 2 is 1.86 bits per heavy atom. The van der Waals surface area contributed by atoms with Crippen LogP contribution in [0.5, 0.6) is 0 Å². The van der Waals surface area contributed by atoms with Gasteiger partial charge in [0.05, 0.1) is 11.9 Å². The molecule has 0 fully saturated rings. The molecule has 0 saturated carbocycles. The molecule has 0 aromatic heterocycles. The summed E-state index contributed by atoms with van der Waals surface area (Å²) in [4.78, 5) is 0. The topological polar surface area (TPSA) is 46.2 Å². The van der Waals surface area contributed by atoms with Crippen molar-refractivity contribution < 1.29 is 17.2 Å². The number of halogens is 2. The van der Waals surface area contributed by atoms with Gasteiger partial charge in [0.1, 0.15) is 11.6 Å². The summed E-state index contributed by atoms with van der Waals surface area (Å²) in [6.45, 7) is 1.42. The Bertz CT molecular complexity index is 433. The average Bonchev–Trinajstić information content (AvgIpc) is 1.95. The normalized spacial score (nSPS) is 11.4. The maximum absolute atomic E-state index is 13.1. The SMILES string of the molecule is Cc1cc(F)cc(F)c1NS(C)(=O)=O. The first-order valence-electron chi connectivity index (χ1n) is 3.73. The van der Waals surface area contributed by atoms with Crippen LogP contribution >= 0.6 is 0 Å². The molecule has 1 aromatic rings. The van der Waals surface area contributed by atoms with Crippen LogP contribution < -0.4 is 4.72 Å². The van der Waals surface area contributed by atoms with Crippen molar-refractivity contribution in [2.24, 2.45) is 0 Å². The smallest absolute Gasteiger partial charge is 0.229 e. The number of anilines is 1. The Hall–Kier alpha value is -1.17. The van der Waals surface area contributed by atoms with Crippen LogP contribution in [0.4, 0.5) is 14.5 Å². The molecule has 3 nitrogen and oxygen atoms in total. The van der Waals surface area contributed by atoms with E-state index in [1.807, 2.05) is 4.72 Å². The highest BCUT2D eigenvalue weighted by atomic mass is 32.2. The highest BCUT2D eigenvalue weighted by Crippen LogP contribution is 2.21. The number of sulfonamides is 1. The predicted octanol–water partition coefficient (Wildman–Crippen LogP) is 1.64. The van der Waals surface area contributed by atoms with Crippen LogP contribution in [0.3, 0.4) is 0 Å². The fraction of sp³-hybridized carbons (Fsp3) is 0.250. The molecule has 6 heteroatoms. The molecule has 0 radical (unpaired) electrons. The Morgan fingerprint density at radius 3 is 2.29 bits per heavy atom. The van der Waals surface area contributed by atoms with Crippen molar-refractivity contribution in [3.8, 4) is 0 Å². The minimum Gasteiger partial charge on any atom is -0.281 e. The van der Waals surface area contributed by atoms with Gasteiger partial charge in [-0.1, -0.05) is 0 Å². The molecule has 0 aliphatic carbocycles. The molecule has 14 heavy (non-hydrogen) atoms. The summed E-state index contributed by atoms with van der Waals surface area (Å²) in [5, 5.41) is 0. The molecule has 0 heterocycles. The van der Waals surface area contributed by atoms with E-state index in [9.17, 15) is 17.2 Å². The van der Waals surface area contributed by atoms with E-state index in [0.29, 0.717) is 6.07 Å². The number of hydrogen-bond acceptors (Lipinski definition) is 2. The summed E-state index contributed by atoms with van der Waals surface area (Å²) in [7, 11) is -3.55. The molecular weight excluding hydrogens is 212 g/mol. The standard InChI is InChI=1S/C8H9F2NO2S/c1-5-3-6(9)4-7(10)8(5)11-14(2,12)13/h3-4,11H,1-2H3. The van der Waals surface area contributed by atoms with Crippen molar-refractivity contribution in [1.29, 1.82) is 0 Å². The lowest BCUT2D eigenvalue weighted by Gasteiger charge is -2.08. The highest BCUT2D eigenvalue weighted by molar-refractivity contribution is 7.92. The van der Waals surface area contributed by atoms with Gasteiger partial charge in [0.2, 0.25) is 10.0 Å². The van der Waals surface area contributed by atoms with Crippen molar-refractivity contribution in [1.82, 2.24) is 0 Å². The van der Waals surface area contributed by atoms with E-state index in [-0.39, 0.29) is 11.3 Å². The molecular formula is C8H9F2NO2S. The minimum absolute atomic E-state index is 0.202. The molecule has 0 saturated heterocycles. The van der Waals surface area contributed by atoms with Crippen molar-refractivity contribution in [3.63, 3.8) is 0 Å². The molecule has 0 atom stereocenters. The molecule has 0 spiro atoms. The predicted molar refractivity (Wildman–Crippen MR) is 49.6 cm³/mol. The van der Waals surface area contributed by atoms with E-state index in [1.54, 1.807) is 0 Å². The van der Waals surface area contributed by atoms with Crippen molar-refractivity contribution >= 4 is 15.7 Å². The Kier molecular flexibility index (Phi) is 2.75. The third kappa shape index (κ3) is 2.66. The Labute approximate surface area is 80.8 Å². The van der Waals surface area contributed by atoms with Crippen LogP contribution in [-0.4, -0.2) is 14.7 Å². The lowest BCUT2D eigenvalue weighted by molar-refractivity contribution is 0.582. The summed E-state index contributed by atoms with van der Waals surface area (Å²) >= 11 is 0. The molecule has 1 N–H and O–H groups in total. The van der Waals surface area contributed by atoms with E-state index in [0.717, 1.165) is 12.3 Å². The molecule has 1 aromatic carbocycles. The molecule has 0 bridgehead atoms. The summed E-state index contributed by atoms with van der Waals surface area (Å²) in [5.74, 6) is -1.66. The van der Waals surface area contributed by atoms with Gasteiger partial charge in [-0.3, -0.25) is 4.72 Å². The molecule has 0 unspecified atom stereocenters. The van der Waals surface area contributed by atoms with Crippen molar-refractivity contribution in [3.05, 3.63) is 29.3 Å². The first kappa shape index (κ1) is 10.9. The third-order valence-electron chi connectivity index (χ3n) is 1.54. The van der Waals surface area contributed by atoms with Gasteiger partial charge in [-0.25, -0.2) is 17.2 Å². The minimum atomic E-state index is -3.55.